The number of rotatable bonds is 0. The molecule has 74 valence electrons. The van der Waals surface area contributed by atoms with Crippen molar-refractivity contribution < 1.29 is 17.2 Å². The Labute approximate surface area is 75.9 Å². The standard InChI is InChI=1S/C5H9F2NO2S.ClH/c6-5(7)3-8-1-2-11(9,10)4-5;/h8H,1-4H2;1H. The molecular weight excluding hydrogens is 212 g/mol. The second-order valence-corrected chi connectivity index (χ2v) is 4.81. The average molecular weight is 222 g/mol. The molecule has 0 aliphatic carbocycles. The molecule has 1 heterocycles. The summed E-state index contributed by atoms with van der Waals surface area (Å²) in [5.41, 5.74) is 0. The predicted molar refractivity (Wildman–Crippen MR) is 43.7 cm³/mol. The lowest BCUT2D eigenvalue weighted by atomic mass is 10.4. The van der Waals surface area contributed by atoms with Crippen LogP contribution in [0, 0.1) is 0 Å². The van der Waals surface area contributed by atoms with E-state index in [1.165, 1.54) is 0 Å². The molecule has 0 aromatic rings. The topological polar surface area (TPSA) is 46.2 Å². The van der Waals surface area contributed by atoms with Crippen molar-refractivity contribution >= 4 is 22.2 Å². The molecule has 1 aliphatic rings. The summed E-state index contributed by atoms with van der Waals surface area (Å²) in [4.78, 5) is 0. The molecule has 0 unspecified atom stereocenters. The Bertz CT molecular complexity index is 242. The highest BCUT2D eigenvalue weighted by molar-refractivity contribution is 7.91. The molecule has 0 aromatic carbocycles. The summed E-state index contributed by atoms with van der Waals surface area (Å²) < 4.78 is 46.6. The van der Waals surface area contributed by atoms with E-state index in [-0.39, 0.29) is 24.7 Å². The van der Waals surface area contributed by atoms with E-state index in [9.17, 15) is 17.2 Å². The maximum atomic E-state index is 12.5. The highest BCUT2D eigenvalue weighted by Crippen LogP contribution is 2.17. The Hall–Kier alpha value is 0.0600. The first-order valence-electron chi connectivity index (χ1n) is 3.20. The van der Waals surface area contributed by atoms with Crippen LogP contribution in [0.4, 0.5) is 8.78 Å². The summed E-state index contributed by atoms with van der Waals surface area (Å²) in [5, 5.41) is 2.36. The molecule has 7 heteroatoms. The highest BCUT2D eigenvalue weighted by Gasteiger charge is 2.36. The summed E-state index contributed by atoms with van der Waals surface area (Å²) in [6.07, 6.45) is 0. The van der Waals surface area contributed by atoms with E-state index in [1.54, 1.807) is 0 Å². The van der Waals surface area contributed by atoms with Crippen molar-refractivity contribution in [2.24, 2.45) is 0 Å². The van der Waals surface area contributed by atoms with E-state index >= 15 is 0 Å². The minimum absolute atomic E-state index is 0. The molecule has 0 aromatic heterocycles. The second kappa shape index (κ2) is 3.85. The van der Waals surface area contributed by atoms with Crippen LogP contribution in [0.1, 0.15) is 0 Å². The molecule has 1 saturated heterocycles. The summed E-state index contributed by atoms with van der Waals surface area (Å²) >= 11 is 0. The number of halogens is 3. The van der Waals surface area contributed by atoms with Gasteiger partial charge in [0, 0.05) is 6.54 Å². The van der Waals surface area contributed by atoms with E-state index in [4.69, 9.17) is 0 Å². The van der Waals surface area contributed by atoms with Gasteiger partial charge in [0.15, 0.2) is 9.84 Å². The lowest BCUT2D eigenvalue weighted by molar-refractivity contribution is 0.0288. The minimum atomic E-state index is -3.54. The van der Waals surface area contributed by atoms with Crippen LogP contribution in [0.15, 0.2) is 0 Å². The van der Waals surface area contributed by atoms with Crippen LogP contribution in [-0.4, -0.2) is 38.9 Å². The Morgan fingerprint density at radius 1 is 1.33 bits per heavy atom. The summed E-state index contributed by atoms with van der Waals surface area (Å²) in [6.45, 7) is -0.413. The van der Waals surface area contributed by atoms with E-state index < -0.39 is 28.1 Å². The third-order valence-electron chi connectivity index (χ3n) is 1.40. The maximum absolute atomic E-state index is 12.5. The monoisotopic (exact) mass is 221 g/mol. The molecule has 1 fully saturated rings. The van der Waals surface area contributed by atoms with Crippen molar-refractivity contribution in [1.29, 1.82) is 0 Å². The first-order chi connectivity index (χ1) is 4.91. The second-order valence-electron chi connectivity index (χ2n) is 2.62. The van der Waals surface area contributed by atoms with Gasteiger partial charge in [-0.2, -0.15) is 0 Å². The average Bonchev–Trinajstić information content (AvgIpc) is 1.86. The Morgan fingerprint density at radius 2 is 1.92 bits per heavy atom. The first-order valence-corrected chi connectivity index (χ1v) is 5.02. The number of hydrogen-bond acceptors (Lipinski definition) is 3. The zero-order valence-electron chi connectivity index (χ0n) is 6.22. The van der Waals surface area contributed by atoms with Gasteiger partial charge in [-0.1, -0.05) is 0 Å². The first kappa shape index (κ1) is 12.1. The largest absolute Gasteiger partial charge is 0.310 e. The third kappa shape index (κ3) is 3.64. The van der Waals surface area contributed by atoms with Crippen LogP contribution in [-0.2, 0) is 9.84 Å². The van der Waals surface area contributed by atoms with Crippen molar-refractivity contribution in [2.75, 3.05) is 24.6 Å². The van der Waals surface area contributed by atoms with Gasteiger partial charge in [0.1, 0.15) is 5.75 Å². The van der Waals surface area contributed by atoms with Crippen LogP contribution >= 0.6 is 12.4 Å². The van der Waals surface area contributed by atoms with Gasteiger partial charge in [-0.3, -0.25) is 0 Å². The summed E-state index contributed by atoms with van der Waals surface area (Å²) in [7, 11) is -3.54. The quantitative estimate of drug-likeness (QED) is 0.629. The molecular formula is C5H10ClF2NO2S. The zero-order valence-corrected chi connectivity index (χ0v) is 7.85. The molecule has 0 spiro atoms. The molecule has 3 nitrogen and oxygen atoms in total. The fourth-order valence-corrected chi connectivity index (χ4v) is 2.29. The molecule has 0 amide bonds. The Kier molecular flexibility index (Phi) is 3.87. The minimum Gasteiger partial charge on any atom is -0.310 e. The van der Waals surface area contributed by atoms with E-state index in [1.807, 2.05) is 0 Å². The predicted octanol–water partition coefficient (Wildman–Crippen LogP) is 0.0615. The molecule has 0 bridgehead atoms. The van der Waals surface area contributed by atoms with Gasteiger partial charge < -0.3 is 5.32 Å². The lowest BCUT2D eigenvalue weighted by Crippen LogP contribution is -2.34. The van der Waals surface area contributed by atoms with Crippen LogP contribution in [0.2, 0.25) is 0 Å². The fourth-order valence-electron chi connectivity index (χ4n) is 0.944. The third-order valence-corrected chi connectivity index (χ3v) is 3.09. The molecule has 0 radical (unpaired) electrons. The van der Waals surface area contributed by atoms with Crippen molar-refractivity contribution in [3.8, 4) is 0 Å². The van der Waals surface area contributed by atoms with Gasteiger partial charge in [-0.25, -0.2) is 17.2 Å². The number of nitrogens with one attached hydrogen (secondary N) is 1. The van der Waals surface area contributed by atoms with Gasteiger partial charge in [-0.15, -0.1) is 12.4 Å². The zero-order chi connectivity index (χ0) is 8.54. The molecule has 0 atom stereocenters. The molecule has 1 rings (SSSR count). The Balaban J connectivity index is 0.00000121. The Morgan fingerprint density at radius 3 is 2.50 bits per heavy atom. The fraction of sp³-hybridized carbons (Fsp3) is 1.00. The molecule has 1 N–H and O–H groups in total. The normalized spacial score (nSPS) is 26.8. The van der Waals surface area contributed by atoms with Crippen molar-refractivity contribution in [1.82, 2.24) is 5.32 Å². The van der Waals surface area contributed by atoms with E-state index in [0.717, 1.165) is 0 Å². The van der Waals surface area contributed by atoms with E-state index in [0.29, 0.717) is 0 Å². The number of alkyl halides is 2. The van der Waals surface area contributed by atoms with Crippen LogP contribution in [0.5, 0.6) is 0 Å². The summed E-state index contributed by atoms with van der Waals surface area (Å²) in [6, 6.07) is 0. The van der Waals surface area contributed by atoms with Crippen molar-refractivity contribution in [3.05, 3.63) is 0 Å². The van der Waals surface area contributed by atoms with E-state index in [2.05, 4.69) is 5.32 Å². The van der Waals surface area contributed by atoms with Crippen LogP contribution in [0.25, 0.3) is 0 Å². The number of sulfone groups is 1. The van der Waals surface area contributed by atoms with Crippen molar-refractivity contribution in [3.63, 3.8) is 0 Å². The van der Waals surface area contributed by atoms with Gasteiger partial charge in [0.05, 0.1) is 12.3 Å². The molecule has 1 aliphatic heterocycles. The SMILES string of the molecule is Cl.O=S1(=O)CCNCC(F)(F)C1. The van der Waals surface area contributed by atoms with Gasteiger partial charge in [0.25, 0.3) is 5.92 Å². The smallest absolute Gasteiger partial charge is 0.274 e. The van der Waals surface area contributed by atoms with Crippen LogP contribution in [0.3, 0.4) is 0 Å². The summed E-state index contributed by atoms with van der Waals surface area (Å²) in [5.74, 6) is -4.31. The lowest BCUT2D eigenvalue weighted by Gasteiger charge is -2.11. The molecule has 0 saturated carbocycles. The molecule has 12 heavy (non-hydrogen) atoms. The van der Waals surface area contributed by atoms with Gasteiger partial charge >= 0.3 is 0 Å². The van der Waals surface area contributed by atoms with Gasteiger partial charge in [-0.05, 0) is 0 Å². The van der Waals surface area contributed by atoms with Crippen LogP contribution < -0.4 is 5.32 Å². The maximum Gasteiger partial charge on any atom is 0.274 e. The van der Waals surface area contributed by atoms with Gasteiger partial charge in [0.2, 0.25) is 0 Å². The number of hydrogen-bond donors (Lipinski definition) is 1. The highest BCUT2D eigenvalue weighted by atomic mass is 35.5. The van der Waals surface area contributed by atoms with Crippen molar-refractivity contribution in [2.45, 2.75) is 5.92 Å².